The number of urea groups is 1. The molecule has 2 rings (SSSR count). The van der Waals surface area contributed by atoms with Crippen molar-refractivity contribution in [3.8, 4) is 0 Å². The van der Waals surface area contributed by atoms with E-state index in [1.54, 1.807) is 16.7 Å². The average Bonchev–Trinajstić information content (AvgIpc) is 2.86. The van der Waals surface area contributed by atoms with Crippen LogP contribution in [-0.4, -0.2) is 38.8 Å². The molecule has 116 valence electrons. The number of nitrogens with one attached hydrogen (secondary N) is 2. The molecule has 2 heterocycles. The van der Waals surface area contributed by atoms with Gasteiger partial charge in [0.05, 0.1) is 15.8 Å². The summed E-state index contributed by atoms with van der Waals surface area (Å²) in [6.07, 6.45) is 3.11. The van der Waals surface area contributed by atoms with Crippen LogP contribution >= 0.6 is 35.0 Å². The maximum absolute atomic E-state index is 11.7. The van der Waals surface area contributed by atoms with Gasteiger partial charge in [0, 0.05) is 12.7 Å². The molecule has 7 nitrogen and oxygen atoms in total. The van der Waals surface area contributed by atoms with E-state index >= 15 is 0 Å². The molecule has 0 bridgehead atoms. The van der Waals surface area contributed by atoms with E-state index in [9.17, 15) is 9.59 Å². The molecule has 0 spiro atoms. The first-order valence-corrected chi connectivity index (χ1v) is 7.76. The Balaban J connectivity index is 1.98. The van der Waals surface area contributed by atoms with Gasteiger partial charge in [-0.1, -0.05) is 41.0 Å². The number of fused-ring (bicyclic) bond motifs is 1. The van der Waals surface area contributed by atoms with Gasteiger partial charge in [-0.2, -0.15) is 0 Å². The van der Waals surface area contributed by atoms with Gasteiger partial charge in [-0.15, -0.1) is 16.8 Å². The van der Waals surface area contributed by atoms with Crippen molar-refractivity contribution >= 4 is 52.5 Å². The third-order valence-corrected chi connectivity index (χ3v) is 3.82. The van der Waals surface area contributed by atoms with E-state index in [1.165, 1.54) is 6.08 Å². The topological polar surface area (TPSA) is 88.4 Å². The number of imide groups is 1. The summed E-state index contributed by atoms with van der Waals surface area (Å²) < 4.78 is 1.58. The number of aromatic nitrogens is 3. The molecule has 0 atom stereocenters. The van der Waals surface area contributed by atoms with Crippen LogP contribution in [0.15, 0.2) is 30.1 Å². The predicted octanol–water partition coefficient (Wildman–Crippen LogP) is 2.14. The Hall–Kier alpha value is -1.77. The molecule has 0 aromatic carbocycles. The summed E-state index contributed by atoms with van der Waals surface area (Å²) in [6.45, 7) is 3.73. The van der Waals surface area contributed by atoms with Crippen LogP contribution in [0.3, 0.4) is 0 Å². The highest BCUT2D eigenvalue weighted by Gasteiger charge is 2.13. The van der Waals surface area contributed by atoms with Crippen LogP contribution in [0.1, 0.15) is 0 Å². The fraction of sp³-hybridized carbons (Fsp3) is 0.167. The number of carbonyl (C=O) groups is 2. The maximum atomic E-state index is 11.7. The molecule has 0 fully saturated rings. The van der Waals surface area contributed by atoms with Crippen molar-refractivity contribution in [3.05, 3.63) is 35.0 Å². The molecule has 3 amide bonds. The minimum atomic E-state index is -0.581. The summed E-state index contributed by atoms with van der Waals surface area (Å²) in [5.74, 6) is -0.469. The van der Waals surface area contributed by atoms with Crippen LogP contribution < -0.4 is 10.6 Å². The Morgan fingerprint density at radius 2 is 2.18 bits per heavy atom. The fourth-order valence-electron chi connectivity index (χ4n) is 1.50. The Kier molecular flexibility index (Phi) is 5.64. The summed E-state index contributed by atoms with van der Waals surface area (Å²) in [5.41, 5.74) is 0.442. The quantitative estimate of drug-likeness (QED) is 0.630. The molecule has 0 radical (unpaired) electrons. The molecule has 2 aromatic heterocycles. The fourth-order valence-corrected chi connectivity index (χ4v) is 2.72. The van der Waals surface area contributed by atoms with E-state index in [2.05, 4.69) is 27.4 Å². The molecule has 0 aliphatic heterocycles. The molecule has 22 heavy (non-hydrogen) atoms. The van der Waals surface area contributed by atoms with Gasteiger partial charge in [0.1, 0.15) is 0 Å². The van der Waals surface area contributed by atoms with Gasteiger partial charge in [0.25, 0.3) is 0 Å². The number of rotatable bonds is 5. The summed E-state index contributed by atoms with van der Waals surface area (Å²) in [7, 11) is 0. The van der Waals surface area contributed by atoms with E-state index in [0.717, 1.165) is 11.8 Å². The minimum Gasteiger partial charge on any atom is -0.334 e. The van der Waals surface area contributed by atoms with Gasteiger partial charge in [-0.25, -0.2) is 4.79 Å². The monoisotopic (exact) mass is 359 g/mol. The number of hydrogen-bond donors (Lipinski definition) is 2. The summed E-state index contributed by atoms with van der Waals surface area (Å²) in [6, 6.07) is 0.973. The van der Waals surface area contributed by atoms with E-state index in [4.69, 9.17) is 23.2 Å². The van der Waals surface area contributed by atoms with Crippen LogP contribution in [0.25, 0.3) is 5.65 Å². The second-order valence-electron chi connectivity index (χ2n) is 4.02. The van der Waals surface area contributed by atoms with Gasteiger partial charge in [-0.05, 0) is 6.07 Å². The highest BCUT2D eigenvalue weighted by Crippen LogP contribution is 2.25. The maximum Gasteiger partial charge on any atom is 0.321 e. The Morgan fingerprint density at radius 3 is 2.91 bits per heavy atom. The molecule has 2 N–H and O–H groups in total. The number of carbonyl (C=O) groups excluding carboxylic acids is 2. The first-order valence-electron chi connectivity index (χ1n) is 6.02. The lowest BCUT2D eigenvalue weighted by atomic mass is 10.5. The lowest BCUT2D eigenvalue weighted by Crippen LogP contribution is -2.40. The molecule has 0 saturated heterocycles. The van der Waals surface area contributed by atoms with Gasteiger partial charge in [0.2, 0.25) is 5.91 Å². The Morgan fingerprint density at radius 1 is 1.41 bits per heavy atom. The Labute approximate surface area is 140 Å². The van der Waals surface area contributed by atoms with E-state index in [1.807, 2.05) is 0 Å². The predicted molar refractivity (Wildman–Crippen MR) is 85.5 cm³/mol. The number of halogens is 2. The van der Waals surface area contributed by atoms with E-state index < -0.39 is 11.9 Å². The van der Waals surface area contributed by atoms with Crippen molar-refractivity contribution < 1.29 is 9.59 Å². The van der Waals surface area contributed by atoms with Crippen molar-refractivity contribution in [1.29, 1.82) is 0 Å². The average molecular weight is 360 g/mol. The van der Waals surface area contributed by atoms with Crippen molar-refractivity contribution in [1.82, 2.24) is 25.2 Å². The molecule has 0 unspecified atom stereocenters. The summed E-state index contributed by atoms with van der Waals surface area (Å²) >= 11 is 13.0. The molecule has 0 aliphatic carbocycles. The second kappa shape index (κ2) is 7.48. The minimum absolute atomic E-state index is 0.00750. The van der Waals surface area contributed by atoms with E-state index in [0.29, 0.717) is 20.8 Å². The SMILES string of the molecule is C=CCNC(=O)NC(=O)CSc1nnc2c(Cl)cc(Cl)cn12. The lowest BCUT2D eigenvalue weighted by molar-refractivity contribution is -0.117. The third-order valence-electron chi connectivity index (χ3n) is 2.39. The smallest absolute Gasteiger partial charge is 0.321 e. The highest BCUT2D eigenvalue weighted by atomic mass is 35.5. The van der Waals surface area contributed by atoms with Crippen LogP contribution in [0.5, 0.6) is 0 Å². The third kappa shape index (κ3) is 4.12. The molecule has 0 saturated carbocycles. The van der Waals surface area contributed by atoms with Gasteiger partial charge in [0.15, 0.2) is 10.8 Å². The molecule has 0 aliphatic rings. The zero-order chi connectivity index (χ0) is 16.1. The zero-order valence-corrected chi connectivity index (χ0v) is 13.5. The van der Waals surface area contributed by atoms with Crippen LogP contribution in [0.4, 0.5) is 4.79 Å². The molecule has 2 aromatic rings. The van der Waals surface area contributed by atoms with Crippen molar-refractivity contribution in [2.24, 2.45) is 0 Å². The summed E-state index contributed by atoms with van der Waals surface area (Å²) in [5, 5.41) is 13.7. The van der Waals surface area contributed by atoms with Gasteiger partial charge >= 0.3 is 6.03 Å². The van der Waals surface area contributed by atoms with Crippen LogP contribution in [-0.2, 0) is 4.79 Å². The Bertz CT molecular complexity index is 734. The molecule has 10 heteroatoms. The van der Waals surface area contributed by atoms with E-state index in [-0.39, 0.29) is 12.3 Å². The van der Waals surface area contributed by atoms with Crippen LogP contribution in [0.2, 0.25) is 10.0 Å². The second-order valence-corrected chi connectivity index (χ2v) is 5.80. The number of nitrogens with zero attached hydrogens (tertiary/aromatic N) is 3. The lowest BCUT2D eigenvalue weighted by Gasteiger charge is -2.04. The number of pyridine rings is 1. The number of amides is 3. The molecular formula is C12H11Cl2N5O2S. The first-order chi connectivity index (χ1) is 10.5. The van der Waals surface area contributed by atoms with Gasteiger partial charge < -0.3 is 5.32 Å². The molecular weight excluding hydrogens is 349 g/mol. The number of hydrogen-bond acceptors (Lipinski definition) is 5. The number of thioether (sulfide) groups is 1. The standard InChI is InChI=1S/C12H11Cl2N5O2S/c1-2-3-15-11(21)16-9(20)6-22-12-18-17-10-8(14)4-7(13)5-19(10)12/h2,4-5H,1,3,6H2,(H2,15,16,20,21). The van der Waals surface area contributed by atoms with Crippen molar-refractivity contribution in [2.75, 3.05) is 12.3 Å². The van der Waals surface area contributed by atoms with Crippen LogP contribution in [0, 0.1) is 0 Å². The highest BCUT2D eigenvalue weighted by molar-refractivity contribution is 7.99. The largest absolute Gasteiger partial charge is 0.334 e. The normalized spacial score (nSPS) is 10.5. The summed E-state index contributed by atoms with van der Waals surface area (Å²) in [4.78, 5) is 23.0. The zero-order valence-electron chi connectivity index (χ0n) is 11.2. The first kappa shape index (κ1) is 16.6. The van der Waals surface area contributed by atoms with Gasteiger partial charge in [-0.3, -0.25) is 14.5 Å². The van der Waals surface area contributed by atoms with Crippen molar-refractivity contribution in [2.45, 2.75) is 5.16 Å². The van der Waals surface area contributed by atoms with Crippen molar-refractivity contribution in [3.63, 3.8) is 0 Å².